The van der Waals surface area contributed by atoms with Gasteiger partial charge in [0.2, 0.25) is 0 Å². The van der Waals surface area contributed by atoms with Crippen molar-refractivity contribution >= 4 is 5.91 Å². The highest BCUT2D eigenvalue weighted by molar-refractivity contribution is 5.94. The lowest BCUT2D eigenvalue weighted by Crippen LogP contribution is -2.47. The average Bonchev–Trinajstić information content (AvgIpc) is 2.38. The summed E-state index contributed by atoms with van der Waals surface area (Å²) in [6.07, 6.45) is 3.13. The number of hydrogen-bond donors (Lipinski definition) is 2. The highest BCUT2D eigenvalue weighted by Gasteiger charge is 2.26. The Morgan fingerprint density at radius 2 is 2.29 bits per heavy atom. The molecule has 0 spiro atoms. The lowest BCUT2D eigenvalue weighted by molar-refractivity contribution is 0.0623. The second-order valence-corrected chi connectivity index (χ2v) is 4.43. The largest absolute Gasteiger partial charge is 0.508 e. The number of carbonyl (C=O) groups excluding carboxylic acids is 1. The van der Waals surface area contributed by atoms with Crippen molar-refractivity contribution in [2.45, 2.75) is 25.3 Å². The average molecular weight is 234 g/mol. The van der Waals surface area contributed by atoms with Crippen LogP contribution in [0.3, 0.4) is 0 Å². The van der Waals surface area contributed by atoms with Crippen LogP contribution < -0.4 is 5.73 Å². The van der Waals surface area contributed by atoms with E-state index >= 15 is 0 Å². The molecule has 17 heavy (non-hydrogen) atoms. The zero-order valence-corrected chi connectivity index (χ0v) is 9.80. The minimum Gasteiger partial charge on any atom is -0.508 e. The summed E-state index contributed by atoms with van der Waals surface area (Å²) in [4.78, 5) is 14.1. The van der Waals surface area contributed by atoms with Crippen LogP contribution in [0.4, 0.5) is 0 Å². The number of likely N-dealkylation sites (tertiary alicyclic amines) is 1. The minimum absolute atomic E-state index is 0.0314. The number of phenols is 1. The number of nitrogens with two attached hydrogens (primary N) is 1. The van der Waals surface area contributed by atoms with Crippen molar-refractivity contribution in [2.75, 3.05) is 13.1 Å². The highest BCUT2D eigenvalue weighted by atomic mass is 16.3. The van der Waals surface area contributed by atoms with Gasteiger partial charge in [-0.2, -0.15) is 0 Å². The fraction of sp³-hybridized carbons (Fsp3) is 0.462. The molecule has 0 aliphatic carbocycles. The first-order valence-electron chi connectivity index (χ1n) is 6.02. The van der Waals surface area contributed by atoms with Crippen LogP contribution in [-0.4, -0.2) is 35.0 Å². The molecular weight excluding hydrogens is 216 g/mol. The van der Waals surface area contributed by atoms with Gasteiger partial charge in [0.15, 0.2) is 0 Å². The number of benzene rings is 1. The number of aromatic hydroxyl groups is 1. The Bertz CT molecular complexity index is 406. The van der Waals surface area contributed by atoms with E-state index in [1.165, 1.54) is 6.07 Å². The van der Waals surface area contributed by atoms with Gasteiger partial charge in [-0.25, -0.2) is 0 Å². The van der Waals surface area contributed by atoms with Crippen molar-refractivity contribution in [3.05, 3.63) is 29.8 Å². The Morgan fingerprint density at radius 1 is 1.47 bits per heavy atom. The van der Waals surface area contributed by atoms with Crippen LogP contribution in [0.2, 0.25) is 0 Å². The molecule has 0 bridgehead atoms. The molecule has 1 fully saturated rings. The fourth-order valence-corrected chi connectivity index (χ4v) is 2.32. The summed E-state index contributed by atoms with van der Waals surface area (Å²) in [5, 5.41) is 9.39. The third-order valence-corrected chi connectivity index (χ3v) is 3.25. The van der Waals surface area contributed by atoms with E-state index in [0.717, 1.165) is 25.8 Å². The predicted octanol–water partition coefficient (Wildman–Crippen LogP) is 1.35. The quantitative estimate of drug-likeness (QED) is 0.811. The van der Waals surface area contributed by atoms with Crippen molar-refractivity contribution < 1.29 is 9.90 Å². The predicted molar refractivity (Wildman–Crippen MR) is 65.8 cm³/mol. The lowest BCUT2D eigenvalue weighted by atomic mass is 10.0. The van der Waals surface area contributed by atoms with Crippen LogP contribution in [0, 0.1) is 0 Å². The van der Waals surface area contributed by atoms with Crippen molar-refractivity contribution in [1.82, 2.24) is 4.90 Å². The van der Waals surface area contributed by atoms with E-state index < -0.39 is 0 Å². The van der Waals surface area contributed by atoms with Crippen molar-refractivity contribution in [1.29, 1.82) is 0 Å². The van der Waals surface area contributed by atoms with E-state index in [-0.39, 0.29) is 17.7 Å². The Morgan fingerprint density at radius 3 is 3.00 bits per heavy atom. The molecule has 1 unspecified atom stereocenters. The van der Waals surface area contributed by atoms with Crippen LogP contribution in [0.5, 0.6) is 5.75 Å². The van der Waals surface area contributed by atoms with Gasteiger partial charge in [-0.1, -0.05) is 6.07 Å². The molecular formula is C13H18N2O2. The Labute approximate surface area is 101 Å². The third kappa shape index (κ3) is 2.58. The summed E-state index contributed by atoms with van der Waals surface area (Å²) in [6, 6.07) is 6.62. The molecule has 4 heteroatoms. The second-order valence-electron chi connectivity index (χ2n) is 4.43. The van der Waals surface area contributed by atoms with Crippen LogP contribution >= 0.6 is 0 Å². The summed E-state index contributed by atoms with van der Waals surface area (Å²) >= 11 is 0. The molecule has 1 aliphatic heterocycles. The number of nitrogens with zero attached hydrogens (tertiary/aromatic N) is 1. The first kappa shape index (κ1) is 11.9. The standard InChI is InChI=1S/C13H18N2O2/c14-9-11-5-1-2-7-15(11)13(17)10-4-3-6-12(16)8-10/h3-4,6,8,11,16H,1-2,5,7,9,14H2. The number of amides is 1. The molecule has 3 N–H and O–H groups in total. The van der Waals surface area contributed by atoms with Crippen molar-refractivity contribution in [2.24, 2.45) is 5.73 Å². The van der Waals surface area contributed by atoms with E-state index in [4.69, 9.17) is 5.73 Å². The monoisotopic (exact) mass is 234 g/mol. The van der Waals surface area contributed by atoms with Gasteiger partial charge in [0.25, 0.3) is 5.91 Å². The van der Waals surface area contributed by atoms with E-state index in [2.05, 4.69) is 0 Å². The molecule has 0 saturated carbocycles. The van der Waals surface area contributed by atoms with E-state index in [9.17, 15) is 9.90 Å². The Hall–Kier alpha value is -1.55. The van der Waals surface area contributed by atoms with Gasteiger partial charge in [0.1, 0.15) is 5.75 Å². The first-order chi connectivity index (χ1) is 8.22. The maximum atomic E-state index is 12.3. The van der Waals surface area contributed by atoms with Crippen LogP contribution in [0.15, 0.2) is 24.3 Å². The molecule has 1 saturated heterocycles. The Balaban J connectivity index is 2.18. The topological polar surface area (TPSA) is 66.6 Å². The maximum absolute atomic E-state index is 12.3. The second kappa shape index (κ2) is 5.19. The number of hydrogen-bond acceptors (Lipinski definition) is 3. The normalized spacial score (nSPS) is 20.3. The molecule has 1 aromatic carbocycles. The summed E-state index contributed by atoms with van der Waals surface area (Å²) in [7, 11) is 0. The third-order valence-electron chi connectivity index (χ3n) is 3.25. The fourth-order valence-electron chi connectivity index (χ4n) is 2.32. The first-order valence-corrected chi connectivity index (χ1v) is 6.02. The van der Waals surface area contributed by atoms with Crippen LogP contribution in [0.1, 0.15) is 29.6 Å². The SMILES string of the molecule is NCC1CCCCN1C(=O)c1cccc(O)c1. The van der Waals surface area contributed by atoms with E-state index in [1.807, 2.05) is 4.90 Å². The summed E-state index contributed by atoms with van der Waals surface area (Å²) in [6.45, 7) is 1.26. The number of piperidine rings is 1. The van der Waals surface area contributed by atoms with E-state index in [1.54, 1.807) is 18.2 Å². The highest BCUT2D eigenvalue weighted by Crippen LogP contribution is 2.20. The molecule has 4 nitrogen and oxygen atoms in total. The van der Waals surface area contributed by atoms with E-state index in [0.29, 0.717) is 12.1 Å². The maximum Gasteiger partial charge on any atom is 0.254 e. The van der Waals surface area contributed by atoms with Gasteiger partial charge in [0, 0.05) is 24.7 Å². The minimum atomic E-state index is -0.0314. The number of phenolic OH excluding ortho intramolecular Hbond substituents is 1. The lowest BCUT2D eigenvalue weighted by Gasteiger charge is -2.35. The summed E-state index contributed by atoms with van der Waals surface area (Å²) in [5.41, 5.74) is 6.23. The summed E-state index contributed by atoms with van der Waals surface area (Å²) in [5.74, 6) is 0.0909. The zero-order chi connectivity index (χ0) is 12.3. The molecule has 1 amide bonds. The zero-order valence-electron chi connectivity index (χ0n) is 9.80. The van der Waals surface area contributed by atoms with Gasteiger partial charge in [0.05, 0.1) is 0 Å². The van der Waals surface area contributed by atoms with Crippen molar-refractivity contribution in [3.63, 3.8) is 0 Å². The molecule has 1 heterocycles. The molecule has 0 aromatic heterocycles. The van der Waals surface area contributed by atoms with Gasteiger partial charge >= 0.3 is 0 Å². The molecule has 0 radical (unpaired) electrons. The molecule has 1 atom stereocenters. The smallest absolute Gasteiger partial charge is 0.254 e. The van der Waals surface area contributed by atoms with Gasteiger partial charge in [-0.05, 0) is 37.5 Å². The number of rotatable bonds is 2. The summed E-state index contributed by atoms with van der Waals surface area (Å²) < 4.78 is 0. The van der Waals surface area contributed by atoms with Gasteiger partial charge < -0.3 is 15.7 Å². The van der Waals surface area contributed by atoms with Gasteiger partial charge in [-0.3, -0.25) is 4.79 Å². The molecule has 1 aromatic rings. The molecule has 2 rings (SSSR count). The molecule has 1 aliphatic rings. The molecule has 92 valence electrons. The van der Waals surface area contributed by atoms with Crippen molar-refractivity contribution in [3.8, 4) is 5.75 Å². The Kier molecular flexibility index (Phi) is 3.64. The number of carbonyl (C=O) groups is 1. The van der Waals surface area contributed by atoms with Gasteiger partial charge in [-0.15, -0.1) is 0 Å². The van der Waals surface area contributed by atoms with Crippen LogP contribution in [0.25, 0.3) is 0 Å². The van der Waals surface area contributed by atoms with Crippen LogP contribution in [-0.2, 0) is 0 Å².